The van der Waals surface area contributed by atoms with Crippen molar-refractivity contribution in [1.82, 2.24) is 4.98 Å². The Bertz CT molecular complexity index is 1040. The number of hydrogen-bond acceptors (Lipinski definition) is 4. The lowest BCUT2D eigenvalue weighted by Gasteiger charge is -2.17. The van der Waals surface area contributed by atoms with Crippen molar-refractivity contribution in [3.63, 3.8) is 0 Å². The first kappa shape index (κ1) is 19.6. The summed E-state index contributed by atoms with van der Waals surface area (Å²) in [6.45, 7) is 4.55. The third-order valence-corrected chi connectivity index (χ3v) is 6.28. The molecule has 0 bridgehead atoms. The third kappa shape index (κ3) is 4.32. The molecule has 0 radical (unpaired) electrons. The zero-order valence-corrected chi connectivity index (χ0v) is 17.6. The molecule has 2 heterocycles. The van der Waals surface area contributed by atoms with Crippen molar-refractivity contribution in [1.29, 1.82) is 0 Å². The predicted octanol–water partition coefficient (Wildman–Crippen LogP) is 4.94. The van der Waals surface area contributed by atoms with Gasteiger partial charge in [-0.05, 0) is 55.7 Å². The van der Waals surface area contributed by atoms with Crippen LogP contribution in [-0.4, -0.2) is 23.3 Å². The quantitative estimate of drug-likeness (QED) is 0.630. The van der Waals surface area contributed by atoms with Gasteiger partial charge in [0.1, 0.15) is 0 Å². The number of carbonyl (C=O) groups excluding carboxylic acids is 2. The highest BCUT2D eigenvalue weighted by molar-refractivity contribution is 7.18. The Morgan fingerprint density at radius 2 is 2.03 bits per heavy atom. The van der Waals surface area contributed by atoms with E-state index in [0.29, 0.717) is 6.54 Å². The molecular formula is C23H25N3O2S. The second kappa shape index (κ2) is 8.33. The standard InChI is InChI=1S/C23H25N3O2S/c1-3-4-5-16-6-8-18(9-7-16)25-23(28)17-12-22(27)26(14-17)19-10-11-21-20(13-19)24-15(2)29-21/h6-11,13,17H,3-5,12,14H2,1-2H3,(H,25,28). The van der Waals surface area contributed by atoms with Crippen molar-refractivity contribution >= 4 is 44.7 Å². The Balaban J connectivity index is 1.42. The van der Waals surface area contributed by atoms with Crippen LogP contribution in [0.15, 0.2) is 42.5 Å². The van der Waals surface area contributed by atoms with Gasteiger partial charge in [-0.1, -0.05) is 25.5 Å². The number of fused-ring (bicyclic) bond motifs is 1. The molecule has 3 aromatic rings. The number of rotatable bonds is 6. The van der Waals surface area contributed by atoms with Crippen molar-refractivity contribution in [3.05, 3.63) is 53.0 Å². The molecule has 1 atom stereocenters. The average molecular weight is 408 g/mol. The van der Waals surface area contributed by atoms with Gasteiger partial charge in [0, 0.05) is 24.3 Å². The molecule has 1 unspecified atom stereocenters. The van der Waals surface area contributed by atoms with Gasteiger partial charge in [-0.15, -0.1) is 11.3 Å². The molecule has 1 saturated heterocycles. The molecule has 1 aliphatic rings. The fourth-order valence-corrected chi connectivity index (χ4v) is 4.52. The van der Waals surface area contributed by atoms with Crippen LogP contribution in [0.25, 0.3) is 10.2 Å². The van der Waals surface area contributed by atoms with Gasteiger partial charge in [0.25, 0.3) is 0 Å². The number of benzene rings is 2. The summed E-state index contributed by atoms with van der Waals surface area (Å²) in [6.07, 6.45) is 3.62. The minimum atomic E-state index is -0.352. The number of nitrogens with one attached hydrogen (secondary N) is 1. The lowest BCUT2D eigenvalue weighted by Crippen LogP contribution is -2.28. The first-order valence-corrected chi connectivity index (χ1v) is 10.9. The summed E-state index contributed by atoms with van der Waals surface area (Å²) < 4.78 is 1.11. The highest BCUT2D eigenvalue weighted by Crippen LogP contribution is 2.30. The van der Waals surface area contributed by atoms with E-state index < -0.39 is 0 Å². The summed E-state index contributed by atoms with van der Waals surface area (Å²) in [6, 6.07) is 13.9. The largest absolute Gasteiger partial charge is 0.326 e. The van der Waals surface area contributed by atoms with Crippen LogP contribution in [0, 0.1) is 12.8 Å². The Kier molecular flexibility index (Phi) is 5.62. The molecular weight excluding hydrogens is 382 g/mol. The summed E-state index contributed by atoms with van der Waals surface area (Å²) in [4.78, 5) is 31.5. The molecule has 2 amide bonds. The Morgan fingerprint density at radius 3 is 2.79 bits per heavy atom. The number of anilines is 2. The van der Waals surface area contributed by atoms with Crippen molar-refractivity contribution in [2.75, 3.05) is 16.8 Å². The third-order valence-electron chi connectivity index (χ3n) is 5.33. The maximum Gasteiger partial charge on any atom is 0.229 e. The molecule has 1 aliphatic heterocycles. The van der Waals surface area contributed by atoms with Gasteiger partial charge in [-0.2, -0.15) is 0 Å². The van der Waals surface area contributed by atoms with Gasteiger partial charge >= 0.3 is 0 Å². The normalized spacial score (nSPS) is 16.6. The molecule has 29 heavy (non-hydrogen) atoms. The van der Waals surface area contributed by atoms with Crippen molar-refractivity contribution in [2.45, 2.75) is 39.5 Å². The van der Waals surface area contributed by atoms with Crippen LogP contribution in [0.2, 0.25) is 0 Å². The predicted molar refractivity (Wildman–Crippen MR) is 119 cm³/mol. The maximum absolute atomic E-state index is 12.7. The van der Waals surface area contributed by atoms with E-state index in [1.165, 1.54) is 12.0 Å². The monoisotopic (exact) mass is 407 g/mol. The Labute approximate surface area is 174 Å². The molecule has 150 valence electrons. The minimum Gasteiger partial charge on any atom is -0.326 e. The van der Waals surface area contributed by atoms with Crippen molar-refractivity contribution in [3.8, 4) is 0 Å². The summed E-state index contributed by atoms with van der Waals surface area (Å²) in [5.74, 6) is -0.478. The second-order valence-corrected chi connectivity index (χ2v) is 8.81. The first-order chi connectivity index (χ1) is 14.0. The fraction of sp³-hybridized carbons (Fsp3) is 0.348. The molecule has 6 heteroatoms. The van der Waals surface area contributed by atoms with Gasteiger partial charge in [-0.3, -0.25) is 9.59 Å². The van der Waals surface area contributed by atoms with Crippen LogP contribution in [-0.2, 0) is 16.0 Å². The molecule has 0 saturated carbocycles. The number of nitrogens with zero attached hydrogens (tertiary/aromatic N) is 2. The number of amides is 2. The van der Waals surface area contributed by atoms with Gasteiger partial charge in [0.2, 0.25) is 11.8 Å². The topological polar surface area (TPSA) is 62.3 Å². The zero-order valence-electron chi connectivity index (χ0n) is 16.8. The fourth-order valence-electron chi connectivity index (χ4n) is 3.71. The number of carbonyl (C=O) groups is 2. The van der Waals surface area contributed by atoms with Gasteiger partial charge in [-0.25, -0.2) is 4.98 Å². The van der Waals surface area contributed by atoms with E-state index >= 15 is 0 Å². The summed E-state index contributed by atoms with van der Waals surface area (Å²) in [7, 11) is 0. The smallest absolute Gasteiger partial charge is 0.229 e. The van der Waals surface area contributed by atoms with E-state index in [-0.39, 0.29) is 24.2 Å². The van der Waals surface area contributed by atoms with E-state index in [0.717, 1.165) is 39.4 Å². The maximum atomic E-state index is 12.7. The van der Waals surface area contributed by atoms with E-state index in [4.69, 9.17) is 0 Å². The van der Waals surface area contributed by atoms with Crippen LogP contribution < -0.4 is 10.2 Å². The summed E-state index contributed by atoms with van der Waals surface area (Å²) in [5, 5.41) is 3.97. The van der Waals surface area contributed by atoms with E-state index in [1.54, 1.807) is 16.2 Å². The molecule has 4 rings (SSSR count). The Morgan fingerprint density at radius 1 is 1.24 bits per heavy atom. The number of hydrogen-bond donors (Lipinski definition) is 1. The number of aromatic nitrogens is 1. The Hall–Kier alpha value is -2.73. The van der Waals surface area contributed by atoms with Gasteiger partial charge in [0.15, 0.2) is 0 Å². The molecule has 0 aliphatic carbocycles. The van der Waals surface area contributed by atoms with Crippen LogP contribution >= 0.6 is 11.3 Å². The minimum absolute atomic E-state index is 0.0219. The van der Waals surface area contributed by atoms with Crippen LogP contribution in [0.3, 0.4) is 0 Å². The highest BCUT2D eigenvalue weighted by atomic mass is 32.1. The van der Waals surface area contributed by atoms with Crippen molar-refractivity contribution < 1.29 is 9.59 Å². The number of aryl methyl sites for hydroxylation is 2. The van der Waals surface area contributed by atoms with E-state index in [2.05, 4.69) is 29.4 Å². The van der Waals surface area contributed by atoms with Crippen LogP contribution in [0.5, 0.6) is 0 Å². The highest BCUT2D eigenvalue weighted by Gasteiger charge is 2.35. The summed E-state index contributed by atoms with van der Waals surface area (Å²) >= 11 is 1.64. The molecule has 5 nitrogen and oxygen atoms in total. The molecule has 1 fully saturated rings. The molecule has 1 aromatic heterocycles. The second-order valence-electron chi connectivity index (χ2n) is 7.58. The molecule has 0 spiro atoms. The summed E-state index contributed by atoms with van der Waals surface area (Å²) in [5.41, 5.74) is 3.76. The number of thiazole rings is 1. The molecule has 2 aromatic carbocycles. The lowest BCUT2D eigenvalue weighted by molar-refractivity contribution is -0.122. The van der Waals surface area contributed by atoms with Gasteiger partial charge in [0.05, 0.1) is 21.1 Å². The van der Waals surface area contributed by atoms with E-state index in [9.17, 15) is 9.59 Å². The van der Waals surface area contributed by atoms with Crippen molar-refractivity contribution in [2.24, 2.45) is 5.92 Å². The molecule has 1 N–H and O–H groups in total. The SMILES string of the molecule is CCCCc1ccc(NC(=O)C2CC(=O)N(c3ccc4sc(C)nc4c3)C2)cc1. The van der Waals surface area contributed by atoms with E-state index in [1.807, 2.05) is 37.3 Å². The van der Waals surface area contributed by atoms with Gasteiger partial charge < -0.3 is 10.2 Å². The number of unbranched alkanes of at least 4 members (excludes halogenated alkanes) is 1. The first-order valence-electron chi connectivity index (χ1n) is 10.1. The average Bonchev–Trinajstić information content (AvgIpc) is 3.28. The van der Waals surface area contributed by atoms with Crippen LogP contribution in [0.4, 0.5) is 11.4 Å². The lowest BCUT2D eigenvalue weighted by atomic mass is 10.1. The zero-order chi connectivity index (χ0) is 20.4. The van der Waals surface area contributed by atoms with Crippen LogP contribution in [0.1, 0.15) is 36.8 Å².